The van der Waals surface area contributed by atoms with Crippen LogP contribution in [0.15, 0.2) is 33.3 Å². The van der Waals surface area contributed by atoms with Gasteiger partial charge in [0.15, 0.2) is 12.4 Å². The molecule has 3 heterocycles. The van der Waals surface area contributed by atoms with Crippen molar-refractivity contribution in [1.82, 2.24) is 10.2 Å². The summed E-state index contributed by atoms with van der Waals surface area (Å²) >= 11 is 1.54. The summed E-state index contributed by atoms with van der Waals surface area (Å²) in [6, 6.07) is 5.45. The first-order valence-electron chi connectivity index (χ1n) is 9.05. The van der Waals surface area contributed by atoms with Gasteiger partial charge in [0, 0.05) is 4.88 Å². The van der Waals surface area contributed by atoms with Crippen LogP contribution in [0.1, 0.15) is 53.2 Å². The smallest absolute Gasteiger partial charge is 0.348 e. The molecule has 0 bridgehead atoms. The Hall–Kier alpha value is -2.41. The van der Waals surface area contributed by atoms with Crippen LogP contribution in [0.2, 0.25) is 0 Å². The van der Waals surface area contributed by atoms with Gasteiger partial charge in [0.2, 0.25) is 0 Å². The second-order valence-electron chi connectivity index (χ2n) is 7.92. The largest absolute Gasteiger partial charge is 0.459 e. The number of rotatable bonds is 4. The summed E-state index contributed by atoms with van der Waals surface area (Å²) in [6.45, 7) is 6.79. The number of fused-ring (bicyclic) bond motifs is 1. The highest BCUT2D eigenvalue weighted by Crippen LogP contribution is 2.40. The van der Waals surface area contributed by atoms with Gasteiger partial charge in [0.05, 0.1) is 6.26 Å². The van der Waals surface area contributed by atoms with Crippen LogP contribution in [0.4, 0.5) is 0 Å². The lowest BCUT2D eigenvalue weighted by atomic mass is 9.72. The second-order valence-corrected chi connectivity index (χ2v) is 9.06. The molecule has 1 aliphatic carbocycles. The second kappa shape index (κ2) is 6.96. The van der Waals surface area contributed by atoms with Gasteiger partial charge in [-0.1, -0.05) is 20.8 Å². The molecule has 0 unspecified atom stereocenters. The zero-order chi connectivity index (χ0) is 19.0. The Bertz CT molecular complexity index is 934. The van der Waals surface area contributed by atoms with Crippen LogP contribution in [0.25, 0.3) is 11.7 Å². The lowest BCUT2D eigenvalue weighted by Gasteiger charge is -2.33. The summed E-state index contributed by atoms with van der Waals surface area (Å²) in [5.41, 5.74) is 1.57. The molecule has 0 saturated heterocycles. The van der Waals surface area contributed by atoms with Gasteiger partial charge in [0.1, 0.15) is 4.88 Å². The molecule has 0 amide bonds. The molecular formula is C20H22N2O4S. The maximum absolute atomic E-state index is 12.4. The fourth-order valence-corrected chi connectivity index (χ4v) is 4.48. The van der Waals surface area contributed by atoms with Crippen LogP contribution in [0.3, 0.4) is 0 Å². The molecule has 0 N–H and O–H groups in total. The number of nitrogens with zero attached hydrogens (tertiary/aromatic N) is 2. The van der Waals surface area contributed by atoms with Crippen molar-refractivity contribution in [3.8, 4) is 11.7 Å². The lowest BCUT2D eigenvalue weighted by Crippen LogP contribution is -2.26. The summed E-state index contributed by atoms with van der Waals surface area (Å²) in [5.74, 6) is 1.29. The summed E-state index contributed by atoms with van der Waals surface area (Å²) < 4.78 is 16.0. The Morgan fingerprint density at radius 2 is 2.22 bits per heavy atom. The molecule has 4 rings (SSSR count). The number of thiophene rings is 1. The maximum atomic E-state index is 12.4. The minimum absolute atomic E-state index is 0.0558. The molecule has 1 aliphatic rings. The molecule has 3 aromatic rings. The van der Waals surface area contributed by atoms with E-state index in [4.69, 9.17) is 13.6 Å². The van der Waals surface area contributed by atoms with E-state index >= 15 is 0 Å². The molecule has 27 heavy (non-hydrogen) atoms. The molecule has 0 radical (unpaired) electrons. The highest BCUT2D eigenvalue weighted by Gasteiger charge is 2.30. The Labute approximate surface area is 161 Å². The molecule has 3 aromatic heterocycles. The van der Waals surface area contributed by atoms with Gasteiger partial charge in [-0.15, -0.1) is 21.5 Å². The van der Waals surface area contributed by atoms with E-state index in [-0.39, 0.29) is 29.8 Å². The van der Waals surface area contributed by atoms with Crippen molar-refractivity contribution in [2.24, 2.45) is 11.3 Å². The van der Waals surface area contributed by atoms with E-state index < -0.39 is 0 Å². The van der Waals surface area contributed by atoms with Crippen LogP contribution in [0, 0.1) is 11.3 Å². The summed E-state index contributed by atoms with van der Waals surface area (Å²) in [4.78, 5) is 14.4. The Morgan fingerprint density at radius 3 is 2.96 bits per heavy atom. The van der Waals surface area contributed by atoms with E-state index in [1.54, 1.807) is 12.1 Å². The van der Waals surface area contributed by atoms with E-state index in [1.165, 1.54) is 34.5 Å². The number of carbonyl (C=O) groups excluding carboxylic acids is 1. The van der Waals surface area contributed by atoms with E-state index in [0.717, 1.165) is 12.8 Å². The van der Waals surface area contributed by atoms with Crippen LogP contribution in [-0.2, 0) is 24.2 Å². The number of hydrogen-bond donors (Lipinski definition) is 0. The Kier molecular flexibility index (Phi) is 4.63. The van der Waals surface area contributed by atoms with Crippen LogP contribution in [-0.4, -0.2) is 16.2 Å². The number of hydrogen-bond acceptors (Lipinski definition) is 7. The summed E-state index contributed by atoms with van der Waals surface area (Å²) in [6.07, 6.45) is 4.76. The third-order valence-electron chi connectivity index (χ3n) is 5.03. The van der Waals surface area contributed by atoms with Gasteiger partial charge >= 0.3 is 5.97 Å². The fraction of sp³-hybridized carbons (Fsp3) is 0.450. The molecule has 142 valence electrons. The lowest BCUT2D eigenvalue weighted by molar-refractivity contribution is 0.0444. The van der Waals surface area contributed by atoms with Crippen LogP contribution >= 0.6 is 11.3 Å². The highest BCUT2D eigenvalue weighted by atomic mass is 32.1. The first kappa shape index (κ1) is 18.0. The number of furan rings is 1. The molecule has 0 saturated carbocycles. The van der Waals surface area contributed by atoms with Crippen molar-refractivity contribution in [2.75, 3.05) is 0 Å². The predicted molar refractivity (Wildman–Crippen MR) is 100 cm³/mol. The molecule has 1 atom stereocenters. The summed E-state index contributed by atoms with van der Waals surface area (Å²) in [5, 5.41) is 7.78. The van der Waals surface area contributed by atoms with Crippen molar-refractivity contribution in [1.29, 1.82) is 0 Å². The number of carbonyl (C=O) groups is 1. The topological polar surface area (TPSA) is 78.4 Å². The van der Waals surface area contributed by atoms with Gasteiger partial charge in [-0.05, 0) is 54.4 Å². The Morgan fingerprint density at radius 1 is 1.37 bits per heavy atom. The predicted octanol–water partition coefficient (Wildman–Crippen LogP) is 4.90. The fourth-order valence-electron chi connectivity index (χ4n) is 3.37. The first-order chi connectivity index (χ1) is 12.9. The van der Waals surface area contributed by atoms with E-state index in [1.807, 2.05) is 6.07 Å². The van der Waals surface area contributed by atoms with Gasteiger partial charge in [-0.3, -0.25) is 0 Å². The average Bonchev–Trinajstić information content (AvgIpc) is 3.37. The first-order valence-corrected chi connectivity index (χ1v) is 9.87. The third kappa shape index (κ3) is 3.83. The SMILES string of the molecule is CC(C)(C)[C@H]1CCc2sc(C(=O)OCc3nnc(-c4ccco4)o3)cc2C1. The van der Waals surface area contributed by atoms with Crippen molar-refractivity contribution in [3.05, 3.63) is 45.7 Å². The normalized spacial score (nSPS) is 16.9. The van der Waals surface area contributed by atoms with Gasteiger partial charge in [-0.2, -0.15) is 0 Å². The van der Waals surface area contributed by atoms with Crippen molar-refractivity contribution in [3.63, 3.8) is 0 Å². The van der Waals surface area contributed by atoms with Gasteiger partial charge in [-0.25, -0.2) is 4.79 Å². The molecule has 6 nitrogen and oxygen atoms in total. The van der Waals surface area contributed by atoms with Crippen molar-refractivity contribution in [2.45, 2.75) is 46.6 Å². The minimum Gasteiger partial charge on any atom is -0.459 e. The van der Waals surface area contributed by atoms with Gasteiger partial charge in [0.25, 0.3) is 11.8 Å². The number of aromatic nitrogens is 2. The zero-order valence-electron chi connectivity index (χ0n) is 15.7. The van der Waals surface area contributed by atoms with E-state index in [2.05, 4.69) is 31.0 Å². The molecule has 0 spiro atoms. The standard InChI is InChI=1S/C20H22N2O4S/c1-20(2,3)13-6-7-15-12(9-13)10-16(27-15)19(23)25-11-17-21-22-18(26-17)14-5-4-8-24-14/h4-5,8,10,13H,6-7,9,11H2,1-3H3/t13-/m0/s1. The zero-order valence-corrected chi connectivity index (χ0v) is 16.5. The number of aryl methyl sites for hydroxylation is 1. The summed E-state index contributed by atoms with van der Waals surface area (Å²) in [7, 11) is 0. The van der Waals surface area contributed by atoms with E-state index in [0.29, 0.717) is 16.6 Å². The molecular weight excluding hydrogens is 364 g/mol. The van der Waals surface area contributed by atoms with E-state index in [9.17, 15) is 4.79 Å². The van der Waals surface area contributed by atoms with Gasteiger partial charge < -0.3 is 13.6 Å². The molecule has 0 aliphatic heterocycles. The average molecular weight is 386 g/mol. The quantitative estimate of drug-likeness (QED) is 0.594. The monoisotopic (exact) mass is 386 g/mol. The minimum atomic E-state index is -0.348. The molecule has 7 heteroatoms. The highest BCUT2D eigenvalue weighted by molar-refractivity contribution is 7.14. The van der Waals surface area contributed by atoms with Crippen molar-refractivity contribution >= 4 is 17.3 Å². The number of ether oxygens (including phenoxy) is 1. The third-order valence-corrected chi connectivity index (χ3v) is 6.25. The van der Waals surface area contributed by atoms with Crippen LogP contribution < -0.4 is 0 Å². The molecule has 0 aromatic carbocycles. The molecule has 0 fully saturated rings. The maximum Gasteiger partial charge on any atom is 0.348 e. The van der Waals surface area contributed by atoms with Crippen LogP contribution in [0.5, 0.6) is 0 Å². The number of esters is 1. The Balaban J connectivity index is 1.39. The van der Waals surface area contributed by atoms with Crippen molar-refractivity contribution < 1.29 is 18.4 Å².